The summed E-state index contributed by atoms with van der Waals surface area (Å²) in [6, 6.07) is 30.2. The largest absolute Gasteiger partial charge is 0.353 e. The van der Waals surface area contributed by atoms with E-state index in [1.807, 2.05) is 0 Å². The van der Waals surface area contributed by atoms with E-state index < -0.39 is 6.62 Å². The summed E-state index contributed by atoms with van der Waals surface area (Å²) in [5.74, 6) is 0. The summed E-state index contributed by atoms with van der Waals surface area (Å²) in [4.78, 5) is 0. The first kappa shape index (κ1) is 35.5. The van der Waals surface area contributed by atoms with Gasteiger partial charge in [-0.2, -0.15) is 0 Å². The SMILES string of the molecule is CCCCCOC(CCCCC/C=C/CCCc1ccc([P+](Cl)(c2ccccc2)c2ccccc2)cc1)OCCCCC. The van der Waals surface area contributed by atoms with E-state index in [0.717, 1.165) is 51.7 Å². The fraction of sp³-hybridized carbons (Fsp3) is 0.487. The minimum Gasteiger partial charge on any atom is -0.353 e. The van der Waals surface area contributed by atoms with E-state index in [1.54, 1.807) is 0 Å². The van der Waals surface area contributed by atoms with Crippen molar-refractivity contribution in [1.82, 2.24) is 0 Å². The van der Waals surface area contributed by atoms with Crippen LogP contribution in [0.25, 0.3) is 0 Å². The van der Waals surface area contributed by atoms with E-state index in [4.69, 9.17) is 20.7 Å². The minimum atomic E-state index is -2.17. The van der Waals surface area contributed by atoms with Gasteiger partial charge in [-0.25, -0.2) is 0 Å². The first-order chi connectivity index (χ1) is 21.2. The zero-order valence-electron chi connectivity index (χ0n) is 26.8. The second kappa shape index (κ2) is 21.7. The van der Waals surface area contributed by atoms with Crippen molar-refractivity contribution in [3.63, 3.8) is 0 Å². The molecule has 0 radical (unpaired) electrons. The summed E-state index contributed by atoms with van der Waals surface area (Å²) in [5.41, 5.74) is 1.38. The quantitative estimate of drug-likeness (QED) is 0.0454. The van der Waals surface area contributed by atoms with Crippen LogP contribution in [-0.2, 0) is 15.9 Å². The van der Waals surface area contributed by atoms with Crippen molar-refractivity contribution in [3.8, 4) is 0 Å². The highest BCUT2D eigenvalue weighted by Crippen LogP contribution is 2.60. The van der Waals surface area contributed by atoms with Crippen LogP contribution in [0, 0.1) is 0 Å². The zero-order valence-corrected chi connectivity index (χ0v) is 28.4. The maximum absolute atomic E-state index is 7.54. The van der Waals surface area contributed by atoms with E-state index >= 15 is 0 Å². The van der Waals surface area contributed by atoms with E-state index in [0.29, 0.717) is 0 Å². The van der Waals surface area contributed by atoms with E-state index in [-0.39, 0.29) is 6.29 Å². The van der Waals surface area contributed by atoms with Crippen LogP contribution in [0.3, 0.4) is 0 Å². The Morgan fingerprint density at radius 2 is 1.09 bits per heavy atom. The third-order valence-electron chi connectivity index (χ3n) is 7.93. The van der Waals surface area contributed by atoms with Gasteiger partial charge in [0.25, 0.3) is 0 Å². The molecule has 3 aromatic carbocycles. The summed E-state index contributed by atoms with van der Waals surface area (Å²) in [5, 5.41) is 3.62. The van der Waals surface area contributed by atoms with Gasteiger partial charge in [-0.1, -0.05) is 107 Å². The van der Waals surface area contributed by atoms with Gasteiger partial charge in [-0.3, -0.25) is 0 Å². The van der Waals surface area contributed by atoms with Crippen LogP contribution in [0.1, 0.15) is 103 Å². The number of unbranched alkanes of at least 4 members (excludes halogenated alkanes) is 8. The van der Waals surface area contributed by atoms with Gasteiger partial charge < -0.3 is 9.47 Å². The lowest BCUT2D eigenvalue weighted by molar-refractivity contribution is -0.148. The molecule has 0 spiro atoms. The Labute approximate surface area is 268 Å². The fourth-order valence-electron chi connectivity index (χ4n) is 5.34. The fourth-order valence-corrected chi connectivity index (χ4v) is 8.97. The van der Waals surface area contributed by atoms with Crippen molar-refractivity contribution in [1.29, 1.82) is 0 Å². The average molecular weight is 622 g/mol. The van der Waals surface area contributed by atoms with Gasteiger partial charge in [-0.15, -0.1) is 0 Å². The van der Waals surface area contributed by atoms with Crippen LogP contribution in [-0.4, -0.2) is 19.5 Å². The predicted octanol–water partition coefficient (Wildman–Crippen LogP) is 10.7. The molecule has 0 bridgehead atoms. The molecule has 0 saturated carbocycles. The third-order valence-corrected chi connectivity index (χ3v) is 12.7. The van der Waals surface area contributed by atoms with Gasteiger partial charge in [0.15, 0.2) is 6.29 Å². The third kappa shape index (κ3) is 12.9. The highest BCUT2D eigenvalue weighted by Gasteiger charge is 2.44. The van der Waals surface area contributed by atoms with Crippen molar-refractivity contribution in [2.75, 3.05) is 13.2 Å². The molecular formula is C39H55ClO2P+. The van der Waals surface area contributed by atoms with Crippen LogP contribution in [0.5, 0.6) is 0 Å². The first-order valence-corrected chi connectivity index (χ1v) is 19.6. The van der Waals surface area contributed by atoms with Crippen LogP contribution < -0.4 is 15.9 Å². The average Bonchev–Trinajstić information content (AvgIpc) is 3.06. The molecule has 0 N–H and O–H groups in total. The Hall–Kier alpha value is -1.96. The molecule has 0 fully saturated rings. The summed E-state index contributed by atoms with van der Waals surface area (Å²) in [6.07, 6.45) is 21.1. The molecule has 0 aliphatic rings. The Kier molecular flexibility index (Phi) is 17.9. The van der Waals surface area contributed by atoms with E-state index in [9.17, 15) is 0 Å². The lowest BCUT2D eigenvalue weighted by Gasteiger charge is -2.19. The van der Waals surface area contributed by atoms with Crippen molar-refractivity contribution >= 4 is 33.8 Å². The summed E-state index contributed by atoms with van der Waals surface area (Å²) in [6.45, 7) is 3.95. The molecule has 43 heavy (non-hydrogen) atoms. The Bertz CT molecular complexity index is 1070. The number of rotatable bonds is 23. The molecule has 0 aromatic heterocycles. The number of hydrogen-bond donors (Lipinski definition) is 0. The monoisotopic (exact) mass is 621 g/mol. The summed E-state index contributed by atoms with van der Waals surface area (Å²) < 4.78 is 12.1. The lowest BCUT2D eigenvalue weighted by atomic mass is 10.1. The predicted molar refractivity (Wildman–Crippen MR) is 191 cm³/mol. The maximum Gasteiger partial charge on any atom is 0.210 e. The molecule has 0 unspecified atom stereocenters. The number of halogens is 1. The highest BCUT2D eigenvalue weighted by molar-refractivity contribution is 8.14. The molecule has 0 aliphatic carbocycles. The van der Waals surface area contributed by atoms with Gasteiger partial charge in [0.1, 0.15) is 27.2 Å². The maximum atomic E-state index is 7.54. The molecule has 0 heterocycles. The Morgan fingerprint density at radius 1 is 0.581 bits per heavy atom. The standard InChI is InChI=1S/C39H55ClO2P/c1-3-5-21-33-41-39(42-34-22-6-4-2)28-20-12-10-8-7-9-11-15-23-35-29-31-38(32-30-35)43(40,36-24-16-13-17-25-36)37-26-18-14-19-27-37/h7,9,13-14,16-19,24-27,29-32,39H,3-6,8,10-12,15,20-23,28,33-34H2,1-2H3/q+1/b9-7+. The first-order valence-electron chi connectivity index (χ1n) is 16.9. The molecule has 3 aromatic rings. The van der Waals surface area contributed by atoms with Crippen LogP contribution in [0.4, 0.5) is 0 Å². The molecule has 2 nitrogen and oxygen atoms in total. The Balaban J connectivity index is 1.35. The van der Waals surface area contributed by atoms with Crippen molar-refractivity contribution in [3.05, 3.63) is 103 Å². The van der Waals surface area contributed by atoms with Crippen LogP contribution in [0.2, 0.25) is 0 Å². The van der Waals surface area contributed by atoms with Gasteiger partial charge in [0.2, 0.25) is 6.62 Å². The molecule has 4 heteroatoms. The molecule has 0 amide bonds. The van der Waals surface area contributed by atoms with Crippen molar-refractivity contribution in [2.24, 2.45) is 0 Å². The number of benzene rings is 3. The van der Waals surface area contributed by atoms with E-state index in [1.165, 1.54) is 72.8 Å². The molecule has 234 valence electrons. The number of aryl methyl sites for hydroxylation is 1. The summed E-state index contributed by atoms with van der Waals surface area (Å²) >= 11 is 7.54. The van der Waals surface area contributed by atoms with Crippen molar-refractivity contribution in [2.45, 2.75) is 110 Å². The Morgan fingerprint density at radius 3 is 1.63 bits per heavy atom. The molecular weight excluding hydrogens is 567 g/mol. The zero-order chi connectivity index (χ0) is 30.4. The van der Waals surface area contributed by atoms with Gasteiger partial charge >= 0.3 is 0 Å². The smallest absolute Gasteiger partial charge is 0.210 e. The number of allylic oxidation sites excluding steroid dienone is 2. The van der Waals surface area contributed by atoms with Crippen LogP contribution >= 0.6 is 17.9 Å². The second-order valence-electron chi connectivity index (χ2n) is 11.5. The van der Waals surface area contributed by atoms with E-state index in [2.05, 4.69) is 111 Å². The topological polar surface area (TPSA) is 18.5 Å². The normalized spacial score (nSPS) is 12.0. The highest BCUT2D eigenvalue weighted by atomic mass is 35.7. The van der Waals surface area contributed by atoms with Crippen LogP contribution in [0.15, 0.2) is 97.1 Å². The number of ether oxygens (including phenoxy) is 2. The summed E-state index contributed by atoms with van der Waals surface area (Å²) in [7, 11) is 0. The number of hydrogen-bond acceptors (Lipinski definition) is 2. The molecule has 3 rings (SSSR count). The molecule has 0 atom stereocenters. The molecule has 0 saturated heterocycles. The van der Waals surface area contributed by atoms with Gasteiger partial charge in [0.05, 0.1) is 0 Å². The minimum absolute atomic E-state index is 0.0160. The molecule has 0 aliphatic heterocycles. The van der Waals surface area contributed by atoms with Gasteiger partial charge in [-0.05, 0) is 99.7 Å². The van der Waals surface area contributed by atoms with Gasteiger partial charge in [0, 0.05) is 13.2 Å². The lowest BCUT2D eigenvalue weighted by Crippen LogP contribution is -2.27. The van der Waals surface area contributed by atoms with Crippen molar-refractivity contribution < 1.29 is 9.47 Å². The second-order valence-corrected chi connectivity index (χ2v) is 15.8.